The van der Waals surface area contributed by atoms with Crippen molar-refractivity contribution in [3.63, 3.8) is 0 Å². The van der Waals surface area contributed by atoms with Crippen LogP contribution < -0.4 is 5.32 Å². The second kappa shape index (κ2) is 8.88. The molecule has 0 aromatic rings. The molecule has 64 valence electrons. The quantitative estimate of drug-likeness (QED) is 0.454. The SMILES string of the molecule is [NH-]C(=O)CCNCCO.[Ni]. The summed E-state index contributed by atoms with van der Waals surface area (Å²) < 4.78 is 0. The molecule has 0 rings (SSSR count). The van der Waals surface area contributed by atoms with Gasteiger partial charge < -0.3 is 21.0 Å². The number of nitrogens with one attached hydrogen (secondary N) is 2. The second-order valence-corrected chi connectivity index (χ2v) is 1.65. The summed E-state index contributed by atoms with van der Waals surface area (Å²) in [4.78, 5) is 9.97. The van der Waals surface area contributed by atoms with Crippen LogP contribution >= 0.6 is 0 Å². The van der Waals surface area contributed by atoms with Gasteiger partial charge in [-0.3, -0.25) is 0 Å². The van der Waals surface area contributed by atoms with Crippen LogP contribution in [0.25, 0.3) is 5.73 Å². The molecule has 0 spiro atoms. The van der Waals surface area contributed by atoms with Crippen molar-refractivity contribution in [3.8, 4) is 0 Å². The maximum atomic E-state index is 9.97. The number of rotatable bonds is 5. The van der Waals surface area contributed by atoms with E-state index in [0.717, 1.165) is 0 Å². The van der Waals surface area contributed by atoms with E-state index in [1.54, 1.807) is 0 Å². The molecule has 3 N–H and O–H groups in total. The van der Waals surface area contributed by atoms with Gasteiger partial charge in [-0.1, -0.05) is 0 Å². The van der Waals surface area contributed by atoms with Crippen LogP contribution in [0.1, 0.15) is 6.42 Å². The van der Waals surface area contributed by atoms with Crippen molar-refractivity contribution < 1.29 is 26.4 Å². The van der Waals surface area contributed by atoms with Crippen LogP contribution in [0.4, 0.5) is 0 Å². The van der Waals surface area contributed by atoms with Gasteiger partial charge in [0.05, 0.1) is 6.61 Å². The Morgan fingerprint density at radius 1 is 1.50 bits per heavy atom. The van der Waals surface area contributed by atoms with Gasteiger partial charge in [0.15, 0.2) is 0 Å². The van der Waals surface area contributed by atoms with Gasteiger partial charge in [-0.25, -0.2) is 0 Å². The standard InChI is InChI=1S/C5H12N2O2.Ni/c6-5(9)1-2-7-3-4-8;/h7-8H,1-4H2,(H2,6,9);/p-1. The number of amides is 1. The van der Waals surface area contributed by atoms with Gasteiger partial charge >= 0.3 is 0 Å². The Kier molecular flexibility index (Phi) is 11.1. The van der Waals surface area contributed by atoms with Crippen LogP contribution in [-0.2, 0) is 21.3 Å². The Morgan fingerprint density at radius 2 is 2.10 bits per heavy atom. The molecule has 0 aromatic heterocycles. The molecule has 5 heteroatoms. The van der Waals surface area contributed by atoms with Gasteiger partial charge in [0.1, 0.15) is 0 Å². The van der Waals surface area contributed by atoms with Gasteiger partial charge in [-0.15, -0.1) is 0 Å². The average Bonchev–Trinajstić information content (AvgIpc) is 1.80. The topological polar surface area (TPSA) is 73.1 Å². The molecule has 0 atom stereocenters. The summed E-state index contributed by atoms with van der Waals surface area (Å²) in [7, 11) is 0. The molecule has 0 bridgehead atoms. The summed E-state index contributed by atoms with van der Waals surface area (Å²) in [6.45, 7) is 1.06. The van der Waals surface area contributed by atoms with Gasteiger partial charge in [0, 0.05) is 41.9 Å². The van der Waals surface area contributed by atoms with Gasteiger partial charge in [0.25, 0.3) is 0 Å². The number of carbonyl (C=O) groups is 1. The number of aliphatic hydroxyl groups excluding tert-OH is 1. The van der Waals surface area contributed by atoms with Crippen molar-refractivity contribution in [2.24, 2.45) is 0 Å². The van der Waals surface area contributed by atoms with Gasteiger partial charge in [-0.05, 0) is 0 Å². The fraction of sp³-hybridized carbons (Fsp3) is 0.800. The van der Waals surface area contributed by atoms with E-state index >= 15 is 0 Å². The fourth-order valence-electron chi connectivity index (χ4n) is 0.406. The first-order valence-electron chi connectivity index (χ1n) is 2.83. The van der Waals surface area contributed by atoms with E-state index in [-0.39, 0.29) is 29.5 Å². The minimum absolute atomic E-state index is 0. The molecule has 0 saturated carbocycles. The van der Waals surface area contributed by atoms with E-state index in [9.17, 15) is 4.79 Å². The molecular formula is C5H11N2NiO2-. The van der Waals surface area contributed by atoms with Crippen LogP contribution in [0, 0.1) is 0 Å². The zero-order valence-electron chi connectivity index (χ0n) is 5.50. The zero-order valence-corrected chi connectivity index (χ0v) is 6.49. The molecule has 0 aliphatic rings. The summed E-state index contributed by atoms with van der Waals surface area (Å²) in [5, 5.41) is 11.0. The van der Waals surface area contributed by atoms with Crippen LogP contribution in [0.3, 0.4) is 0 Å². The van der Waals surface area contributed by atoms with Crippen LogP contribution in [-0.4, -0.2) is 30.7 Å². The Hall–Kier alpha value is -0.116. The van der Waals surface area contributed by atoms with E-state index in [1.165, 1.54) is 0 Å². The number of carbonyl (C=O) groups excluding carboxylic acids is 1. The molecule has 0 radical (unpaired) electrons. The molecule has 4 nitrogen and oxygen atoms in total. The first-order valence-corrected chi connectivity index (χ1v) is 2.83. The summed E-state index contributed by atoms with van der Waals surface area (Å²) in [5.41, 5.74) is 6.47. The first kappa shape index (κ1) is 12.5. The number of aliphatic hydroxyl groups is 1. The van der Waals surface area contributed by atoms with Crippen molar-refractivity contribution in [1.29, 1.82) is 0 Å². The Balaban J connectivity index is 0. The maximum Gasteiger partial charge on any atom is 0.0555 e. The normalized spacial score (nSPS) is 8.50. The third kappa shape index (κ3) is 10.8. The van der Waals surface area contributed by atoms with Crippen molar-refractivity contribution in [2.45, 2.75) is 6.42 Å². The number of hydrogen-bond acceptors (Lipinski definition) is 3. The van der Waals surface area contributed by atoms with Crippen LogP contribution in [0.5, 0.6) is 0 Å². The third-order valence-electron chi connectivity index (χ3n) is 0.817. The molecule has 0 aliphatic heterocycles. The molecule has 0 fully saturated rings. The van der Waals surface area contributed by atoms with E-state index < -0.39 is 5.91 Å². The molecular weight excluding hydrogens is 179 g/mol. The largest absolute Gasteiger partial charge is 0.668 e. The van der Waals surface area contributed by atoms with E-state index in [1.807, 2.05) is 0 Å². The van der Waals surface area contributed by atoms with E-state index in [4.69, 9.17) is 10.8 Å². The summed E-state index contributed by atoms with van der Waals surface area (Å²) in [5.74, 6) is -0.569. The molecule has 0 aliphatic carbocycles. The summed E-state index contributed by atoms with van der Waals surface area (Å²) >= 11 is 0. The minimum Gasteiger partial charge on any atom is -0.668 e. The van der Waals surface area contributed by atoms with Crippen molar-refractivity contribution in [2.75, 3.05) is 19.7 Å². The number of hydrogen-bond donors (Lipinski definition) is 2. The van der Waals surface area contributed by atoms with E-state index in [2.05, 4.69) is 5.32 Å². The molecule has 0 aromatic carbocycles. The Morgan fingerprint density at radius 3 is 2.50 bits per heavy atom. The van der Waals surface area contributed by atoms with Crippen LogP contribution in [0.15, 0.2) is 0 Å². The molecule has 0 heterocycles. The average molecular weight is 190 g/mol. The summed E-state index contributed by atoms with van der Waals surface area (Å²) in [6, 6.07) is 0. The van der Waals surface area contributed by atoms with Crippen molar-refractivity contribution in [3.05, 3.63) is 5.73 Å². The van der Waals surface area contributed by atoms with E-state index in [0.29, 0.717) is 13.1 Å². The third-order valence-corrected chi connectivity index (χ3v) is 0.817. The second-order valence-electron chi connectivity index (χ2n) is 1.65. The van der Waals surface area contributed by atoms with Gasteiger partial charge in [-0.2, -0.15) is 0 Å². The molecule has 0 saturated heterocycles. The molecule has 0 unspecified atom stereocenters. The predicted octanol–water partition coefficient (Wildman–Crippen LogP) is -0.465. The summed E-state index contributed by atoms with van der Waals surface area (Å²) in [6.07, 6.45) is 0.222. The van der Waals surface area contributed by atoms with Crippen LogP contribution in [0.2, 0.25) is 0 Å². The van der Waals surface area contributed by atoms with Gasteiger partial charge in [0.2, 0.25) is 0 Å². The monoisotopic (exact) mass is 189 g/mol. The van der Waals surface area contributed by atoms with Crippen molar-refractivity contribution >= 4 is 5.91 Å². The predicted molar refractivity (Wildman–Crippen MR) is 33.9 cm³/mol. The molecule has 1 amide bonds. The Bertz CT molecular complexity index is 89.7. The minimum atomic E-state index is -0.569. The zero-order chi connectivity index (χ0) is 7.11. The molecule has 10 heavy (non-hydrogen) atoms. The fourth-order valence-corrected chi connectivity index (χ4v) is 0.406. The maximum absolute atomic E-state index is 9.97. The smallest absolute Gasteiger partial charge is 0.0555 e. The Labute approximate surface area is 70.1 Å². The first-order chi connectivity index (χ1) is 4.27. The van der Waals surface area contributed by atoms with Crippen molar-refractivity contribution in [1.82, 2.24) is 5.32 Å².